The zero-order valence-electron chi connectivity index (χ0n) is 15.4. The highest BCUT2D eigenvalue weighted by atomic mass is 32.2. The molecule has 5 rings (SSSR count). The SMILES string of the molecule is O=C1NC(=O)[C@]2(Cc3cccc(F)c3N3CCSC[C@@H]32)C(=O)N1c1ccccc1. The molecule has 2 aromatic rings. The third kappa shape index (κ3) is 2.51. The molecule has 3 heterocycles. The number of thioether (sulfide) groups is 1. The molecular weight excluding hydrogens is 393 g/mol. The van der Waals surface area contributed by atoms with Crippen LogP contribution < -0.4 is 15.1 Å². The number of hydrogen-bond donors (Lipinski definition) is 1. The van der Waals surface area contributed by atoms with E-state index in [1.807, 2.05) is 4.90 Å². The van der Waals surface area contributed by atoms with Gasteiger partial charge in [0.05, 0.1) is 17.4 Å². The number of hydrogen-bond acceptors (Lipinski definition) is 5. The number of para-hydroxylation sites is 2. The van der Waals surface area contributed by atoms with Crippen LogP contribution in [0.15, 0.2) is 48.5 Å². The minimum Gasteiger partial charge on any atom is -0.363 e. The van der Waals surface area contributed by atoms with Gasteiger partial charge in [-0.3, -0.25) is 14.9 Å². The van der Waals surface area contributed by atoms with Gasteiger partial charge in [-0.05, 0) is 30.2 Å². The molecule has 0 saturated carbocycles. The molecule has 2 aromatic carbocycles. The van der Waals surface area contributed by atoms with Crippen LogP contribution in [0.4, 0.5) is 20.6 Å². The molecule has 0 radical (unpaired) electrons. The molecule has 0 aromatic heterocycles. The van der Waals surface area contributed by atoms with Crippen LogP contribution in [0.3, 0.4) is 0 Å². The van der Waals surface area contributed by atoms with Gasteiger partial charge in [-0.2, -0.15) is 11.8 Å². The second kappa shape index (κ2) is 6.59. The molecule has 0 aliphatic carbocycles. The van der Waals surface area contributed by atoms with Gasteiger partial charge >= 0.3 is 6.03 Å². The highest BCUT2D eigenvalue weighted by molar-refractivity contribution is 7.99. The van der Waals surface area contributed by atoms with Crippen LogP contribution in [0, 0.1) is 11.2 Å². The van der Waals surface area contributed by atoms with Crippen molar-refractivity contribution in [2.45, 2.75) is 12.5 Å². The van der Waals surface area contributed by atoms with E-state index in [9.17, 15) is 18.8 Å². The van der Waals surface area contributed by atoms with Crippen LogP contribution in [0.25, 0.3) is 0 Å². The number of anilines is 2. The fraction of sp³-hybridized carbons (Fsp3) is 0.286. The van der Waals surface area contributed by atoms with Crippen LogP contribution >= 0.6 is 11.8 Å². The monoisotopic (exact) mass is 411 g/mol. The number of imide groups is 2. The summed E-state index contributed by atoms with van der Waals surface area (Å²) in [7, 11) is 0. The van der Waals surface area contributed by atoms with E-state index in [0.29, 0.717) is 29.2 Å². The van der Waals surface area contributed by atoms with Gasteiger partial charge in [0.25, 0.3) is 5.91 Å². The first-order chi connectivity index (χ1) is 14.0. The number of benzene rings is 2. The topological polar surface area (TPSA) is 69.7 Å². The predicted octanol–water partition coefficient (Wildman–Crippen LogP) is 2.57. The number of nitrogens with zero attached hydrogens (tertiary/aromatic N) is 2. The number of carbonyl (C=O) groups is 3. The number of fused-ring (bicyclic) bond motifs is 4. The Kier molecular flexibility index (Phi) is 4.13. The largest absolute Gasteiger partial charge is 0.363 e. The summed E-state index contributed by atoms with van der Waals surface area (Å²) in [4.78, 5) is 42.5. The van der Waals surface area contributed by atoms with Gasteiger partial charge in [0.1, 0.15) is 5.82 Å². The van der Waals surface area contributed by atoms with E-state index in [1.165, 1.54) is 6.07 Å². The van der Waals surface area contributed by atoms with Crippen molar-refractivity contribution in [2.75, 3.05) is 27.9 Å². The normalized spacial score (nSPS) is 26.2. The van der Waals surface area contributed by atoms with E-state index in [-0.39, 0.29) is 12.2 Å². The number of carbonyl (C=O) groups excluding carboxylic acids is 3. The van der Waals surface area contributed by atoms with Crippen molar-refractivity contribution < 1.29 is 18.8 Å². The van der Waals surface area contributed by atoms with E-state index in [1.54, 1.807) is 54.2 Å². The minimum atomic E-state index is -1.49. The second-order valence-corrected chi connectivity index (χ2v) is 8.57. The number of nitrogens with one attached hydrogen (secondary N) is 1. The molecule has 148 valence electrons. The van der Waals surface area contributed by atoms with Gasteiger partial charge < -0.3 is 4.90 Å². The standard InChI is InChI=1S/C21H18FN3O3S/c22-15-8-4-5-13-11-21(16-12-29-10-9-24(16)17(13)15)18(26)23-20(28)25(19(21)27)14-6-2-1-3-7-14/h1-8,16H,9-12H2,(H,23,26,28)/t16-,21-/m1/s1. The molecule has 29 heavy (non-hydrogen) atoms. The lowest BCUT2D eigenvalue weighted by molar-refractivity contribution is -0.144. The maximum absolute atomic E-state index is 14.7. The smallest absolute Gasteiger partial charge is 0.335 e. The Balaban J connectivity index is 1.69. The Morgan fingerprint density at radius 2 is 1.86 bits per heavy atom. The van der Waals surface area contributed by atoms with E-state index in [0.717, 1.165) is 10.7 Å². The molecule has 2 saturated heterocycles. The number of barbiturate groups is 1. The summed E-state index contributed by atoms with van der Waals surface area (Å²) in [5.74, 6) is -0.229. The van der Waals surface area contributed by atoms with Gasteiger partial charge in [-0.1, -0.05) is 30.3 Å². The Labute approximate surface area is 171 Å². The van der Waals surface area contributed by atoms with E-state index in [4.69, 9.17) is 0 Å². The fourth-order valence-electron chi connectivity index (χ4n) is 4.64. The summed E-state index contributed by atoms with van der Waals surface area (Å²) >= 11 is 1.63. The van der Waals surface area contributed by atoms with E-state index >= 15 is 0 Å². The van der Waals surface area contributed by atoms with Crippen molar-refractivity contribution in [2.24, 2.45) is 5.41 Å². The van der Waals surface area contributed by atoms with Gasteiger partial charge in [0, 0.05) is 18.1 Å². The average molecular weight is 411 g/mol. The summed E-state index contributed by atoms with van der Waals surface area (Å²) < 4.78 is 14.7. The molecule has 1 spiro atoms. The quantitative estimate of drug-likeness (QED) is 0.731. The first kappa shape index (κ1) is 18.2. The van der Waals surface area contributed by atoms with Crippen molar-refractivity contribution in [3.63, 3.8) is 0 Å². The van der Waals surface area contributed by atoms with Gasteiger partial charge in [-0.25, -0.2) is 14.1 Å². The maximum Gasteiger partial charge on any atom is 0.335 e. The van der Waals surface area contributed by atoms with Crippen LogP contribution in [0.1, 0.15) is 5.56 Å². The lowest BCUT2D eigenvalue weighted by atomic mass is 9.68. The fourth-order valence-corrected chi connectivity index (χ4v) is 5.82. The zero-order valence-corrected chi connectivity index (χ0v) is 16.2. The Morgan fingerprint density at radius 3 is 2.66 bits per heavy atom. The lowest BCUT2D eigenvalue weighted by Gasteiger charge is -2.53. The van der Waals surface area contributed by atoms with Gasteiger partial charge in [0.2, 0.25) is 5.91 Å². The third-order valence-corrected chi connectivity index (χ3v) is 6.97. The Morgan fingerprint density at radius 1 is 1.07 bits per heavy atom. The van der Waals surface area contributed by atoms with E-state index < -0.39 is 29.3 Å². The molecule has 3 aliphatic heterocycles. The summed E-state index contributed by atoms with van der Waals surface area (Å²) in [6.07, 6.45) is 0.0586. The molecule has 0 unspecified atom stereocenters. The van der Waals surface area contributed by atoms with Crippen molar-refractivity contribution in [3.8, 4) is 0 Å². The maximum atomic E-state index is 14.7. The molecule has 3 aliphatic rings. The van der Waals surface area contributed by atoms with Crippen LogP contribution in [-0.2, 0) is 16.0 Å². The number of halogens is 1. The highest BCUT2D eigenvalue weighted by Crippen LogP contribution is 2.48. The van der Waals surface area contributed by atoms with Crippen molar-refractivity contribution in [1.29, 1.82) is 0 Å². The van der Waals surface area contributed by atoms with Crippen LogP contribution in [-0.4, -0.2) is 41.9 Å². The molecule has 1 N–H and O–H groups in total. The molecule has 2 fully saturated rings. The van der Waals surface area contributed by atoms with Crippen molar-refractivity contribution in [3.05, 3.63) is 59.9 Å². The van der Waals surface area contributed by atoms with Gasteiger partial charge in [-0.15, -0.1) is 0 Å². The van der Waals surface area contributed by atoms with Crippen molar-refractivity contribution >= 4 is 41.0 Å². The summed E-state index contributed by atoms with van der Waals surface area (Å²) in [6, 6.07) is 12.0. The van der Waals surface area contributed by atoms with Crippen LogP contribution in [0.5, 0.6) is 0 Å². The number of rotatable bonds is 1. The Bertz CT molecular complexity index is 1030. The summed E-state index contributed by atoms with van der Waals surface area (Å²) in [6.45, 7) is 0.533. The first-order valence-corrected chi connectivity index (χ1v) is 10.6. The van der Waals surface area contributed by atoms with Gasteiger partial charge in [0.15, 0.2) is 5.41 Å². The summed E-state index contributed by atoms with van der Waals surface area (Å²) in [5.41, 5.74) is -0.00839. The molecule has 6 nitrogen and oxygen atoms in total. The molecule has 0 bridgehead atoms. The molecular formula is C21H18FN3O3S. The first-order valence-electron chi connectivity index (χ1n) is 9.41. The number of amides is 4. The zero-order chi connectivity index (χ0) is 20.2. The van der Waals surface area contributed by atoms with Crippen molar-refractivity contribution in [1.82, 2.24) is 5.32 Å². The highest BCUT2D eigenvalue weighted by Gasteiger charge is 2.62. The van der Waals surface area contributed by atoms with Crippen LogP contribution in [0.2, 0.25) is 0 Å². The average Bonchev–Trinajstić information content (AvgIpc) is 2.73. The third-order valence-electron chi connectivity index (χ3n) is 5.95. The molecule has 2 atom stereocenters. The summed E-state index contributed by atoms with van der Waals surface area (Å²) in [5, 5.41) is 2.39. The minimum absolute atomic E-state index is 0.0586. The number of urea groups is 1. The van der Waals surface area contributed by atoms with E-state index in [2.05, 4.69) is 5.32 Å². The Hall–Kier alpha value is -2.87. The molecule has 8 heteroatoms. The predicted molar refractivity (Wildman–Crippen MR) is 108 cm³/mol. The lowest BCUT2D eigenvalue weighted by Crippen LogP contribution is -2.73. The molecule has 4 amide bonds. The second-order valence-electron chi connectivity index (χ2n) is 7.42.